The first-order valence-electron chi connectivity index (χ1n) is 10.8. The Morgan fingerprint density at radius 2 is 2.16 bits per heavy atom. The number of pyridine rings is 1. The molecule has 172 valence electrons. The van der Waals surface area contributed by atoms with Crippen LogP contribution >= 0.6 is 11.3 Å². The molecular weight excluding hydrogens is 434 g/mol. The van der Waals surface area contributed by atoms with Crippen LogP contribution in [0.1, 0.15) is 41.0 Å². The van der Waals surface area contributed by atoms with Gasteiger partial charge in [0.2, 0.25) is 5.91 Å². The highest BCUT2D eigenvalue weighted by atomic mass is 32.1. The second-order valence-corrected chi connectivity index (χ2v) is 8.62. The molecule has 0 saturated carbocycles. The molecule has 1 amide bonds. The molecule has 4 heterocycles. The molecule has 1 atom stereocenters. The lowest BCUT2D eigenvalue weighted by Crippen LogP contribution is -2.35. The number of hydrogen-bond acceptors (Lipinski definition) is 8. The number of hydrogen-bond donors (Lipinski definition) is 0. The van der Waals surface area contributed by atoms with E-state index in [-0.39, 0.29) is 41.9 Å². The lowest BCUT2D eigenvalue weighted by atomic mass is 10.1. The van der Waals surface area contributed by atoms with Crippen molar-refractivity contribution in [1.82, 2.24) is 14.5 Å². The topological polar surface area (TPSA) is 100.0 Å². The molecule has 10 heteroatoms. The minimum Gasteiger partial charge on any atom is -0.490 e. The quantitative estimate of drug-likeness (QED) is 0.603. The molecule has 2 aromatic rings. The third kappa shape index (κ3) is 5.02. The van der Waals surface area contributed by atoms with Crippen LogP contribution in [0.2, 0.25) is 0 Å². The van der Waals surface area contributed by atoms with Gasteiger partial charge < -0.3 is 23.7 Å². The Hall–Kier alpha value is -2.72. The van der Waals surface area contributed by atoms with Crippen molar-refractivity contribution in [1.29, 1.82) is 0 Å². The second-order valence-electron chi connectivity index (χ2n) is 7.90. The fourth-order valence-electron chi connectivity index (χ4n) is 4.15. The molecule has 2 aliphatic rings. The molecule has 0 radical (unpaired) electrons. The van der Waals surface area contributed by atoms with E-state index in [0.717, 1.165) is 25.0 Å². The summed E-state index contributed by atoms with van der Waals surface area (Å²) in [6.45, 7) is 2.03. The van der Waals surface area contributed by atoms with Gasteiger partial charge in [0.1, 0.15) is 17.9 Å². The van der Waals surface area contributed by atoms with Crippen molar-refractivity contribution in [2.45, 2.75) is 44.8 Å². The fraction of sp³-hybridized carbons (Fsp3) is 0.545. The summed E-state index contributed by atoms with van der Waals surface area (Å²) >= 11 is 1.45. The molecule has 0 spiro atoms. The number of esters is 1. The highest BCUT2D eigenvalue weighted by Crippen LogP contribution is 2.25. The Balaban J connectivity index is 1.56. The van der Waals surface area contributed by atoms with Crippen LogP contribution in [-0.2, 0) is 33.7 Å². The first-order valence-corrected chi connectivity index (χ1v) is 11.8. The molecule has 1 saturated heterocycles. The van der Waals surface area contributed by atoms with E-state index in [2.05, 4.69) is 4.98 Å². The Morgan fingerprint density at radius 3 is 2.88 bits per heavy atom. The van der Waals surface area contributed by atoms with Crippen LogP contribution in [0.25, 0.3) is 0 Å². The predicted octanol–water partition coefficient (Wildman–Crippen LogP) is 1.67. The number of nitrogens with zero attached hydrogens (tertiary/aromatic N) is 3. The summed E-state index contributed by atoms with van der Waals surface area (Å²) < 4.78 is 18.2. The number of fused-ring (bicyclic) bond motifs is 1. The summed E-state index contributed by atoms with van der Waals surface area (Å²) in [7, 11) is 1.30. The maximum atomic E-state index is 12.9. The van der Waals surface area contributed by atoms with E-state index in [1.54, 1.807) is 15.0 Å². The van der Waals surface area contributed by atoms with Gasteiger partial charge in [0.05, 0.1) is 30.8 Å². The minimum absolute atomic E-state index is 0.0534. The molecule has 0 unspecified atom stereocenters. The van der Waals surface area contributed by atoms with E-state index >= 15 is 0 Å². The van der Waals surface area contributed by atoms with Crippen LogP contribution in [0.4, 0.5) is 0 Å². The highest BCUT2D eigenvalue weighted by molar-refractivity contribution is 7.07. The van der Waals surface area contributed by atoms with Crippen LogP contribution in [0, 0.1) is 0 Å². The zero-order valence-electron chi connectivity index (χ0n) is 18.1. The van der Waals surface area contributed by atoms with E-state index in [9.17, 15) is 14.4 Å². The van der Waals surface area contributed by atoms with Crippen molar-refractivity contribution in [3.8, 4) is 5.75 Å². The largest absolute Gasteiger partial charge is 0.490 e. The summed E-state index contributed by atoms with van der Waals surface area (Å²) in [6, 6.07) is 1.34. The smallest absolute Gasteiger partial charge is 0.343 e. The molecule has 2 aliphatic heterocycles. The average molecular weight is 462 g/mol. The number of rotatable bonds is 6. The van der Waals surface area contributed by atoms with Crippen LogP contribution < -0.4 is 10.3 Å². The zero-order chi connectivity index (χ0) is 22.5. The Morgan fingerprint density at radius 1 is 1.28 bits per heavy atom. The molecule has 0 aliphatic carbocycles. The lowest BCUT2D eigenvalue weighted by Gasteiger charge is -2.24. The van der Waals surface area contributed by atoms with Crippen molar-refractivity contribution in [2.75, 3.05) is 33.4 Å². The van der Waals surface area contributed by atoms with Gasteiger partial charge >= 0.3 is 5.97 Å². The molecular formula is C22H27N3O6S. The number of thiazole rings is 1. The van der Waals surface area contributed by atoms with Gasteiger partial charge in [-0.05, 0) is 19.3 Å². The van der Waals surface area contributed by atoms with Gasteiger partial charge in [0, 0.05) is 49.8 Å². The zero-order valence-corrected chi connectivity index (χ0v) is 18.9. The predicted molar refractivity (Wildman–Crippen MR) is 117 cm³/mol. The van der Waals surface area contributed by atoms with Crippen LogP contribution in [0.3, 0.4) is 0 Å². The van der Waals surface area contributed by atoms with Gasteiger partial charge in [-0.15, -0.1) is 11.3 Å². The van der Waals surface area contributed by atoms with E-state index in [1.807, 2.05) is 5.38 Å². The van der Waals surface area contributed by atoms with Crippen molar-refractivity contribution in [2.24, 2.45) is 0 Å². The molecule has 0 aromatic carbocycles. The van der Waals surface area contributed by atoms with Gasteiger partial charge in [-0.3, -0.25) is 9.59 Å². The van der Waals surface area contributed by atoms with Gasteiger partial charge in [0.25, 0.3) is 5.56 Å². The maximum Gasteiger partial charge on any atom is 0.343 e. The van der Waals surface area contributed by atoms with Crippen molar-refractivity contribution in [3.63, 3.8) is 0 Å². The fourth-order valence-corrected chi connectivity index (χ4v) is 4.71. The summed E-state index contributed by atoms with van der Waals surface area (Å²) in [5, 5.41) is 1.85. The third-order valence-corrected chi connectivity index (χ3v) is 6.49. The molecule has 1 fully saturated rings. The van der Waals surface area contributed by atoms with Gasteiger partial charge in [-0.2, -0.15) is 0 Å². The standard InChI is InChI=1S/C22H27N3O6S/c1-29-22(28)21-17-5-6-24(19(26)10-15-13-32-14-23-15)7-8-25(17)20(27)11-18(21)31-12-16-4-2-3-9-30-16/h11,13-14,16H,2-10,12H2,1H3/t16-/m0/s1. The number of methoxy groups -OCH3 is 1. The van der Waals surface area contributed by atoms with E-state index in [1.165, 1.54) is 24.5 Å². The van der Waals surface area contributed by atoms with E-state index in [4.69, 9.17) is 14.2 Å². The normalized spacial score (nSPS) is 18.5. The number of ether oxygens (including phenoxy) is 3. The van der Waals surface area contributed by atoms with Crippen LogP contribution in [0.5, 0.6) is 5.75 Å². The SMILES string of the molecule is COC(=O)c1c(OC[C@@H]2CCCCO2)cc(=O)n2c1CCN(C(=O)Cc1cscn1)CC2. The van der Waals surface area contributed by atoms with E-state index < -0.39 is 5.97 Å². The number of carbonyl (C=O) groups is 2. The maximum absolute atomic E-state index is 12.9. The molecule has 0 bridgehead atoms. The molecule has 32 heavy (non-hydrogen) atoms. The molecule has 4 rings (SSSR count). The first kappa shape index (κ1) is 22.5. The van der Waals surface area contributed by atoms with Crippen molar-refractivity contribution in [3.05, 3.63) is 44.3 Å². The third-order valence-electron chi connectivity index (χ3n) is 5.85. The second kappa shape index (κ2) is 10.3. The Bertz CT molecular complexity index is 1010. The molecule has 0 N–H and O–H groups in total. The monoisotopic (exact) mass is 461 g/mol. The number of carbonyl (C=O) groups excluding carboxylic acids is 2. The van der Waals surface area contributed by atoms with Crippen molar-refractivity contribution < 1.29 is 23.8 Å². The minimum atomic E-state index is -0.560. The lowest BCUT2D eigenvalue weighted by molar-refractivity contribution is -0.130. The van der Waals surface area contributed by atoms with Crippen LogP contribution in [-0.4, -0.2) is 65.8 Å². The Kier molecular flexibility index (Phi) is 7.21. The molecule has 2 aromatic heterocycles. The van der Waals surface area contributed by atoms with Gasteiger partial charge in [-0.25, -0.2) is 9.78 Å². The number of amides is 1. The number of aromatic nitrogens is 2. The highest BCUT2D eigenvalue weighted by Gasteiger charge is 2.28. The van der Waals surface area contributed by atoms with Crippen LogP contribution in [0.15, 0.2) is 21.8 Å². The average Bonchev–Trinajstić information content (AvgIpc) is 3.21. The van der Waals surface area contributed by atoms with Gasteiger partial charge in [0.15, 0.2) is 0 Å². The summed E-state index contributed by atoms with van der Waals surface area (Å²) in [6.07, 6.45) is 3.48. The summed E-state index contributed by atoms with van der Waals surface area (Å²) in [5.41, 5.74) is 2.95. The molecule has 9 nitrogen and oxygen atoms in total. The first-order chi connectivity index (χ1) is 15.6. The summed E-state index contributed by atoms with van der Waals surface area (Å²) in [4.78, 5) is 44.2. The summed E-state index contributed by atoms with van der Waals surface area (Å²) in [5.74, 6) is -0.401. The Labute approximate surface area is 189 Å². The van der Waals surface area contributed by atoms with E-state index in [0.29, 0.717) is 38.4 Å². The van der Waals surface area contributed by atoms with Gasteiger partial charge in [-0.1, -0.05) is 0 Å². The van der Waals surface area contributed by atoms with Crippen molar-refractivity contribution >= 4 is 23.2 Å².